The highest BCUT2D eigenvalue weighted by Gasteiger charge is 2.11. The lowest BCUT2D eigenvalue weighted by atomic mass is 10.2. The molecule has 20 heavy (non-hydrogen) atoms. The predicted molar refractivity (Wildman–Crippen MR) is 85.7 cm³/mol. The van der Waals surface area contributed by atoms with Crippen LogP contribution in [0.4, 0.5) is 5.69 Å². The monoisotopic (exact) mass is 366 g/mol. The molecule has 6 heteroatoms. The van der Waals surface area contributed by atoms with E-state index in [1.165, 1.54) is 11.3 Å². The number of hydrogen-bond donors (Lipinski definition) is 1. The second-order valence-corrected chi connectivity index (χ2v) is 6.04. The minimum Gasteiger partial charge on any atom is -0.320 e. The van der Waals surface area contributed by atoms with Gasteiger partial charge in [0.1, 0.15) is 11.6 Å². The van der Waals surface area contributed by atoms with Gasteiger partial charge in [-0.3, -0.25) is 4.79 Å². The molecule has 0 atom stereocenters. The Labute approximate surface area is 133 Å². The van der Waals surface area contributed by atoms with Crippen LogP contribution in [0.2, 0.25) is 5.02 Å². The van der Waals surface area contributed by atoms with Crippen LogP contribution < -0.4 is 5.32 Å². The van der Waals surface area contributed by atoms with Gasteiger partial charge in [-0.1, -0.05) is 23.7 Å². The van der Waals surface area contributed by atoms with Gasteiger partial charge in [0.15, 0.2) is 0 Å². The molecule has 1 aromatic carbocycles. The summed E-state index contributed by atoms with van der Waals surface area (Å²) >= 11 is 10.7. The fraction of sp³-hybridized carbons (Fsp3) is 0. The molecule has 1 N–H and O–H groups in total. The van der Waals surface area contributed by atoms with Gasteiger partial charge in [-0.05, 0) is 40.2 Å². The van der Waals surface area contributed by atoms with Crippen molar-refractivity contribution < 1.29 is 4.79 Å². The Balaban J connectivity index is 2.21. The van der Waals surface area contributed by atoms with E-state index in [-0.39, 0.29) is 5.57 Å². The molecule has 0 aliphatic rings. The summed E-state index contributed by atoms with van der Waals surface area (Å²) in [5.74, 6) is -0.481. The van der Waals surface area contributed by atoms with Gasteiger partial charge in [-0.25, -0.2) is 0 Å². The van der Waals surface area contributed by atoms with Crippen LogP contribution in [0, 0.1) is 11.3 Å². The number of benzene rings is 1. The van der Waals surface area contributed by atoms with Crippen LogP contribution in [0.25, 0.3) is 6.08 Å². The summed E-state index contributed by atoms with van der Waals surface area (Å²) in [5, 5.41) is 14.0. The van der Waals surface area contributed by atoms with Gasteiger partial charge >= 0.3 is 0 Å². The third kappa shape index (κ3) is 3.70. The first-order chi connectivity index (χ1) is 9.60. The number of thiophene rings is 1. The Kier molecular flexibility index (Phi) is 4.96. The summed E-state index contributed by atoms with van der Waals surface area (Å²) < 4.78 is 0.914. The molecule has 1 heterocycles. The highest BCUT2D eigenvalue weighted by molar-refractivity contribution is 9.10. The van der Waals surface area contributed by atoms with Gasteiger partial charge in [-0.2, -0.15) is 5.26 Å². The third-order valence-electron chi connectivity index (χ3n) is 2.36. The normalized spacial score (nSPS) is 10.9. The van der Waals surface area contributed by atoms with Crippen LogP contribution in [0.1, 0.15) is 4.88 Å². The number of anilines is 1. The Morgan fingerprint density at radius 2 is 2.20 bits per heavy atom. The van der Waals surface area contributed by atoms with E-state index >= 15 is 0 Å². The number of amides is 1. The molecule has 1 amide bonds. The summed E-state index contributed by atoms with van der Waals surface area (Å²) in [6.07, 6.45) is 1.54. The Hall–Kier alpha value is -1.61. The molecular weight excluding hydrogens is 360 g/mol. The van der Waals surface area contributed by atoms with Crippen LogP contribution in [-0.4, -0.2) is 5.91 Å². The second-order valence-electron chi connectivity index (χ2n) is 3.77. The molecule has 0 radical (unpaired) electrons. The van der Waals surface area contributed by atoms with E-state index in [1.54, 1.807) is 30.3 Å². The Morgan fingerprint density at radius 1 is 1.45 bits per heavy atom. The molecule has 0 spiro atoms. The van der Waals surface area contributed by atoms with Gasteiger partial charge in [0, 0.05) is 14.7 Å². The first-order valence-corrected chi connectivity index (χ1v) is 7.57. The minimum absolute atomic E-state index is 0.0271. The topological polar surface area (TPSA) is 52.9 Å². The highest BCUT2D eigenvalue weighted by Crippen LogP contribution is 2.24. The van der Waals surface area contributed by atoms with E-state index in [4.69, 9.17) is 16.9 Å². The summed E-state index contributed by atoms with van der Waals surface area (Å²) in [5.41, 5.74) is 0.506. The smallest absolute Gasteiger partial charge is 0.266 e. The van der Waals surface area contributed by atoms with E-state index in [0.717, 1.165) is 9.35 Å². The van der Waals surface area contributed by atoms with Crippen LogP contribution in [0.3, 0.4) is 0 Å². The number of nitrogens with zero attached hydrogens (tertiary/aromatic N) is 1. The lowest BCUT2D eigenvalue weighted by Crippen LogP contribution is -2.13. The molecule has 0 unspecified atom stereocenters. The first-order valence-electron chi connectivity index (χ1n) is 5.52. The molecular formula is C14H8BrClN2OS. The van der Waals surface area contributed by atoms with Crippen molar-refractivity contribution in [2.24, 2.45) is 0 Å². The van der Waals surface area contributed by atoms with E-state index in [1.807, 2.05) is 17.5 Å². The quantitative estimate of drug-likeness (QED) is 0.631. The number of nitriles is 1. The number of para-hydroxylation sites is 1. The molecule has 0 saturated heterocycles. The van der Waals surface area contributed by atoms with Crippen molar-refractivity contribution in [2.75, 3.05) is 5.32 Å². The van der Waals surface area contributed by atoms with Gasteiger partial charge in [0.05, 0.1) is 10.7 Å². The van der Waals surface area contributed by atoms with Gasteiger partial charge < -0.3 is 5.32 Å². The average Bonchev–Trinajstić information content (AvgIpc) is 2.84. The predicted octanol–water partition coefficient (Wildman–Crippen LogP) is 4.71. The first kappa shape index (κ1) is 14.8. The molecule has 2 aromatic rings. The standard InChI is InChI=1S/C14H8BrClN2OS/c15-10-6-11(20-8-10)5-9(7-17)14(19)18-13-4-2-1-3-12(13)16/h1-6,8H,(H,18,19)/b9-5+. The van der Waals surface area contributed by atoms with E-state index < -0.39 is 5.91 Å². The molecule has 0 aliphatic heterocycles. The molecule has 0 bridgehead atoms. The zero-order chi connectivity index (χ0) is 14.5. The van der Waals surface area contributed by atoms with Crippen LogP contribution >= 0.6 is 38.9 Å². The Morgan fingerprint density at radius 3 is 2.80 bits per heavy atom. The molecule has 3 nitrogen and oxygen atoms in total. The maximum atomic E-state index is 12.0. The Bertz CT molecular complexity index is 718. The number of nitrogens with one attached hydrogen (secondary N) is 1. The molecule has 0 saturated carbocycles. The van der Waals surface area contributed by atoms with Gasteiger partial charge in [-0.15, -0.1) is 11.3 Å². The molecule has 1 aromatic heterocycles. The molecule has 2 rings (SSSR count). The van der Waals surface area contributed by atoms with Crippen molar-refractivity contribution in [3.8, 4) is 6.07 Å². The molecule has 100 valence electrons. The summed E-state index contributed by atoms with van der Waals surface area (Å²) in [6, 6.07) is 10.6. The van der Waals surface area contributed by atoms with Crippen molar-refractivity contribution in [1.82, 2.24) is 0 Å². The zero-order valence-electron chi connectivity index (χ0n) is 10.1. The minimum atomic E-state index is -0.481. The number of carbonyl (C=O) groups excluding carboxylic acids is 1. The third-order valence-corrected chi connectivity index (χ3v) is 4.33. The van der Waals surface area contributed by atoms with Crippen LogP contribution in [0.15, 0.2) is 45.8 Å². The lowest BCUT2D eigenvalue weighted by molar-refractivity contribution is -0.112. The van der Waals surface area contributed by atoms with Crippen LogP contribution in [-0.2, 0) is 4.79 Å². The van der Waals surface area contributed by atoms with E-state index in [2.05, 4.69) is 21.2 Å². The SMILES string of the molecule is N#C/C(=C\c1cc(Br)cs1)C(=O)Nc1ccccc1Cl. The van der Waals surface area contributed by atoms with Crippen molar-refractivity contribution in [1.29, 1.82) is 5.26 Å². The van der Waals surface area contributed by atoms with E-state index in [9.17, 15) is 4.79 Å². The number of carbonyl (C=O) groups is 1. The van der Waals surface area contributed by atoms with Gasteiger partial charge in [0.2, 0.25) is 0 Å². The lowest BCUT2D eigenvalue weighted by Gasteiger charge is -2.05. The second kappa shape index (κ2) is 6.71. The number of rotatable bonds is 3. The number of halogens is 2. The van der Waals surface area contributed by atoms with Crippen molar-refractivity contribution in [3.05, 3.63) is 55.7 Å². The van der Waals surface area contributed by atoms with Crippen molar-refractivity contribution in [2.45, 2.75) is 0 Å². The van der Waals surface area contributed by atoms with E-state index in [0.29, 0.717) is 10.7 Å². The largest absolute Gasteiger partial charge is 0.320 e. The van der Waals surface area contributed by atoms with Crippen molar-refractivity contribution >= 4 is 56.5 Å². The van der Waals surface area contributed by atoms with Gasteiger partial charge in [0.25, 0.3) is 5.91 Å². The maximum Gasteiger partial charge on any atom is 0.266 e. The average molecular weight is 368 g/mol. The summed E-state index contributed by atoms with van der Waals surface area (Å²) in [6.45, 7) is 0. The zero-order valence-corrected chi connectivity index (χ0v) is 13.2. The van der Waals surface area contributed by atoms with Crippen LogP contribution in [0.5, 0.6) is 0 Å². The summed E-state index contributed by atoms with van der Waals surface area (Å²) in [4.78, 5) is 12.9. The van der Waals surface area contributed by atoms with Crippen molar-refractivity contribution in [3.63, 3.8) is 0 Å². The highest BCUT2D eigenvalue weighted by atomic mass is 79.9. The fourth-order valence-corrected chi connectivity index (χ4v) is 3.01. The maximum absolute atomic E-state index is 12.0. The summed E-state index contributed by atoms with van der Waals surface area (Å²) in [7, 11) is 0. The molecule has 0 fully saturated rings. The fourth-order valence-electron chi connectivity index (χ4n) is 1.45. The number of hydrogen-bond acceptors (Lipinski definition) is 3. The molecule has 0 aliphatic carbocycles.